The van der Waals surface area contributed by atoms with Gasteiger partial charge in [0, 0.05) is 19.3 Å². The molecule has 0 aromatic carbocycles. The predicted molar refractivity (Wildman–Crippen MR) is 325 cm³/mol. The lowest BCUT2D eigenvalue weighted by Gasteiger charge is -2.18. The first-order chi connectivity index (χ1) is 37.0. The van der Waals surface area contributed by atoms with Gasteiger partial charge in [0.2, 0.25) is 0 Å². The lowest BCUT2D eigenvalue weighted by Crippen LogP contribution is -2.30. The van der Waals surface area contributed by atoms with Crippen LogP contribution in [0.4, 0.5) is 0 Å². The van der Waals surface area contributed by atoms with E-state index >= 15 is 0 Å². The molecule has 0 N–H and O–H groups in total. The largest absolute Gasteiger partial charge is 0.462 e. The van der Waals surface area contributed by atoms with Crippen molar-refractivity contribution in [3.8, 4) is 0 Å². The van der Waals surface area contributed by atoms with E-state index in [2.05, 4.69) is 154 Å². The Morgan fingerprint density at radius 1 is 0.280 bits per heavy atom. The van der Waals surface area contributed by atoms with Crippen LogP contribution >= 0.6 is 0 Å². The van der Waals surface area contributed by atoms with Crippen molar-refractivity contribution in [1.82, 2.24) is 0 Å². The number of hydrogen-bond donors (Lipinski definition) is 0. The van der Waals surface area contributed by atoms with Crippen molar-refractivity contribution in [3.05, 3.63) is 134 Å². The monoisotopic (exact) mass is 1040 g/mol. The van der Waals surface area contributed by atoms with Gasteiger partial charge in [-0.3, -0.25) is 14.4 Å². The van der Waals surface area contributed by atoms with Crippen LogP contribution in [-0.2, 0) is 28.6 Å². The molecule has 0 amide bonds. The van der Waals surface area contributed by atoms with Crippen LogP contribution < -0.4 is 0 Å². The number of ether oxygens (including phenoxy) is 3. The molecule has 0 aromatic heterocycles. The second-order valence-corrected chi connectivity index (χ2v) is 19.8. The normalized spacial score (nSPS) is 13.1. The average molecular weight is 1040 g/mol. The van der Waals surface area contributed by atoms with E-state index in [0.29, 0.717) is 19.3 Å². The molecule has 0 spiro atoms. The van der Waals surface area contributed by atoms with Crippen molar-refractivity contribution in [2.24, 2.45) is 0 Å². The predicted octanol–water partition coefficient (Wildman–Crippen LogP) is 21.0. The van der Waals surface area contributed by atoms with E-state index in [1.54, 1.807) is 0 Å². The van der Waals surface area contributed by atoms with Gasteiger partial charge in [-0.25, -0.2) is 0 Å². The fourth-order valence-corrected chi connectivity index (χ4v) is 8.09. The van der Waals surface area contributed by atoms with Gasteiger partial charge in [-0.15, -0.1) is 0 Å². The molecule has 0 aromatic rings. The second-order valence-electron chi connectivity index (χ2n) is 19.8. The highest BCUT2D eigenvalue weighted by molar-refractivity contribution is 5.71. The number of carbonyl (C=O) groups excluding carboxylic acids is 3. The first-order valence-corrected chi connectivity index (χ1v) is 30.7. The Kier molecular flexibility index (Phi) is 58.4. The van der Waals surface area contributed by atoms with Gasteiger partial charge in [-0.1, -0.05) is 251 Å². The molecule has 0 rings (SSSR count). The number of carbonyl (C=O) groups is 3. The van der Waals surface area contributed by atoms with Gasteiger partial charge < -0.3 is 14.2 Å². The smallest absolute Gasteiger partial charge is 0.306 e. The van der Waals surface area contributed by atoms with E-state index in [4.69, 9.17) is 14.2 Å². The van der Waals surface area contributed by atoms with Crippen LogP contribution in [0.15, 0.2) is 134 Å². The molecular formula is C69H112O6. The summed E-state index contributed by atoms with van der Waals surface area (Å²) in [4.78, 5) is 38.3. The molecule has 0 bridgehead atoms. The van der Waals surface area contributed by atoms with Gasteiger partial charge in [-0.2, -0.15) is 0 Å². The molecule has 75 heavy (non-hydrogen) atoms. The number of esters is 3. The summed E-state index contributed by atoms with van der Waals surface area (Å²) in [6.07, 6.45) is 87.3. The summed E-state index contributed by atoms with van der Waals surface area (Å²) in [5, 5.41) is 0. The summed E-state index contributed by atoms with van der Waals surface area (Å²) < 4.78 is 16.8. The molecule has 6 heteroatoms. The van der Waals surface area contributed by atoms with Gasteiger partial charge in [0.15, 0.2) is 6.10 Å². The maximum atomic E-state index is 12.9. The van der Waals surface area contributed by atoms with Crippen molar-refractivity contribution in [2.75, 3.05) is 13.2 Å². The maximum absolute atomic E-state index is 12.9. The zero-order valence-corrected chi connectivity index (χ0v) is 48.5. The molecule has 0 saturated heterocycles. The Morgan fingerprint density at radius 2 is 0.533 bits per heavy atom. The van der Waals surface area contributed by atoms with Crippen LogP contribution in [0.5, 0.6) is 0 Å². The van der Waals surface area contributed by atoms with Gasteiger partial charge in [0.1, 0.15) is 13.2 Å². The van der Waals surface area contributed by atoms with Gasteiger partial charge >= 0.3 is 17.9 Å². The minimum absolute atomic E-state index is 0.110. The minimum Gasteiger partial charge on any atom is -0.462 e. The van der Waals surface area contributed by atoms with Crippen molar-refractivity contribution in [3.63, 3.8) is 0 Å². The van der Waals surface area contributed by atoms with Crippen LogP contribution in [0.2, 0.25) is 0 Å². The Hall–Kier alpha value is -4.45. The fraction of sp³-hybridized carbons (Fsp3) is 0.638. The van der Waals surface area contributed by atoms with E-state index in [1.807, 2.05) is 0 Å². The van der Waals surface area contributed by atoms with Crippen LogP contribution in [0.1, 0.15) is 265 Å². The zero-order chi connectivity index (χ0) is 54.3. The SMILES string of the molecule is CC/C=C\C/C=C\C/C=C\C/C=C\C/C=C\CCCCCCCCCC(=O)OCC(COC(=O)CCCCCCCCC/C=C\CCCCCCCC)OC(=O)CCC/C=C\C/C=C\C/C=C\C/C=C\C/C=C\CC. The molecule has 0 aliphatic carbocycles. The summed E-state index contributed by atoms with van der Waals surface area (Å²) >= 11 is 0. The molecule has 0 heterocycles. The van der Waals surface area contributed by atoms with Crippen LogP contribution in [0.3, 0.4) is 0 Å². The molecule has 0 aliphatic rings. The third-order valence-corrected chi connectivity index (χ3v) is 12.6. The fourth-order valence-electron chi connectivity index (χ4n) is 8.09. The molecule has 6 nitrogen and oxygen atoms in total. The molecule has 0 radical (unpaired) electrons. The van der Waals surface area contributed by atoms with E-state index < -0.39 is 6.10 Å². The lowest BCUT2D eigenvalue weighted by molar-refractivity contribution is -0.167. The molecule has 1 unspecified atom stereocenters. The Labute approximate surface area is 462 Å². The third kappa shape index (κ3) is 60.3. The summed E-state index contributed by atoms with van der Waals surface area (Å²) in [6.45, 7) is 6.35. The first kappa shape index (κ1) is 70.5. The minimum atomic E-state index is -0.820. The molecule has 0 aliphatic heterocycles. The highest BCUT2D eigenvalue weighted by Gasteiger charge is 2.19. The molecular weight excluding hydrogens is 925 g/mol. The molecule has 1 atom stereocenters. The number of unbranched alkanes of at least 4 members (excludes halogenated alkanes) is 21. The second kappa shape index (κ2) is 62.1. The summed E-state index contributed by atoms with van der Waals surface area (Å²) in [5.41, 5.74) is 0. The van der Waals surface area contributed by atoms with E-state index in [0.717, 1.165) is 116 Å². The third-order valence-electron chi connectivity index (χ3n) is 12.6. The Bertz CT molecular complexity index is 1620. The number of rotatable bonds is 54. The number of hydrogen-bond acceptors (Lipinski definition) is 6. The Balaban J connectivity index is 4.49. The molecule has 424 valence electrons. The highest BCUT2D eigenvalue weighted by Crippen LogP contribution is 2.14. The summed E-state index contributed by atoms with van der Waals surface area (Å²) in [5.74, 6) is -0.984. The number of allylic oxidation sites excluding steroid dienone is 22. The lowest BCUT2D eigenvalue weighted by atomic mass is 10.1. The molecule has 0 saturated carbocycles. The topological polar surface area (TPSA) is 78.9 Å². The van der Waals surface area contributed by atoms with E-state index in [-0.39, 0.29) is 37.5 Å². The van der Waals surface area contributed by atoms with Gasteiger partial charge in [0.25, 0.3) is 0 Å². The summed E-state index contributed by atoms with van der Waals surface area (Å²) in [7, 11) is 0. The van der Waals surface area contributed by atoms with Crippen molar-refractivity contribution >= 4 is 17.9 Å². The quantitative estimate of drug-likeness (QED) is 0.0261. The standard InChI is InChI=1S/C69H112O6/c1-4-7-10-13-16-19-22-25-28-31-32-33-34-35-36-39-41-44-47-50-53-56-59-62-68(71)74-65-66(75-69(72)63-60-57-54-51-48-45-42-38-30-27-24-21-18-15-12-9-6-3)64-73-67(70)61-58-55-52-49-46-43-40-37-29-26-23-20-17-14-11-8-5-2/h7,9-10,12,16,18-19,21,25-30,32-33,35-36,42,45,51,54,66H,4-6,8,11,13-15,17,20,22-24,31,34,37-41,43-44,46-50,52-53,55-65H2,1-3H3/b10-7-,12-9-,19-16-,21-18-,28-25-,29-26-,30-27-,33-32-,36-35-,45-42-,54-51-. The Morgan fingerprint density at radius 3 is 0.867 bits per heavy atom. The van der Waals surface area contributed by atoms with Crippen LogP contribution in [0, 0.1) is 0 Å². The average Bonchev–Trinajstić information content (AvgIpc) is 3.41. The van der Waals surface area contributed by atoms with E-state index in [1.165, 1.54) is 103 Å². The van der Waals surface area contributed by atoms with E-state index in [9.17, 15) is 14.4 Å². The summed E-state index contributed by atoms with van der Waals surface area (Å²) in [6, 6.07) is 0. The maximum Gasteiger partial charge on any atom is 0.306 e. The van der Waals surface area contributed by atoms with Gasteiger partial charge in [0.05, 0.1) is 0 Å². The first-order valence-electron chi connectivity index (χ1n) is 30.7. The molecule has 0 fully saturated rings. The highest BCUT2D eigenvalue weighted by atomic mass is 16.6. The van der Waals surface area contributed by atoms with Crippen molar-refractivity contribution in [1.29, 1.82) is 0 Å². The van der Waals surface area contributed by atoms with Crippen LogP contribution in [0.25, 0.3) is 0 Å². The zero-order valence-electron chi connectivity index (χ0n) is 48.5. The van der Waals surface area contributed by atoms with Gasteiger partial charge in [-0.05, 0) is 128 Å². The van der Waals surface area contributed by atoms with Crippen molar-refractivity contribution in [2.45, 2.75) is 271 Å². The van der Waals surface area contributed by atoms with Crippen molar-refractivity contribution < 1.29 is 28.6 Å². The van der Waals surface area contributed by atoms with Crippen LogP contribution in [-0.4, -0.2) is 37.2 Å².